The Balaban J connectivity index is 2.31. The van der Waals surface area contributed by atoms with E-state index >= 15 is 0 Å². The summed E-state index contributed by atoms with van der Waals surface area (Å²) >= 11 is 0. The second kappa shape index (κ2) is 9.80. The Morgan fingerprint density at radius 1 is 0.842 bits per heavy atom. The number of hydrogen-bond acceptors (Lipinski definition) is 1. The molecule has 0 radical (unpaired) electrons. The maximum absolute atomic E-state index is 2.44. The van der Waals surface area contributed by atoms with Gasteiger partial charge in [0.1, 0.15) is 0 Å². The molecule has 0 aromatic heterocycles. The van der Waals surface area contributed by atoms with Crippen LogP contribution in [-0.4, -0.2) is 25.0 Å². The molecule has 1 rings (SSSR count). The van der Waals surface area contributed by atoms with E-state index in [1.807, 2.05) is 0 Å². The van der Waals surface area contributed by atoms with Gasteiger partial charge in [0.05, 0.1) is 0 Å². The standard InChI is InChI=1S/C18H37N/c1-5-7-8-9-11-16(10-6-2)17-12-14-18(15-13-17)19(3)4/h16-18H,5-15H2,1-4H3/t16?,17-,18-. The Morgan fingerprint density at radius 3 is 2.05 bits per heavy atom. The van der Waals surface area contributed by atoms with E-state index < -0.39 is 0 Å². The van der Waals surface area contributed by atoms with Crippen LogP contribution in [0.15, 0.2) is 0 Å². The average molecular weight is 268 g/mol. The third-order valence-electron chi connectivity index (χ3n) is 5.23. The minimum Gasteiger partial charge on any atom is -0.306 e. The van der Waals surface area contributed by atoms with E-state index in [1.165, 1.54) is 70.6 Å². The molecule has 0 aliphatic heterocycles. The molecular weight excluding hydrogens is 230 g/mol. The topological polar surface area (TPSA) is 3.24 Å². The summed E-state index contributed by atoms with van der Waals surface area (Å²) in [6, 6.07) is 0.860. The van der Waals surface area contributed by atoms with Gasteiger partial charge in [-0.25, -0.2) is 0 Å². The van der Waals surface area contributed by atoms with Crippen molar-refractivity contribution in [1.29, 1.82) is 0 Å². The minimum atomic E-state index is 0.860. The van der Waals surface area contributed by atoms with E-state index in [1.54, 1.807) is 0 Å². The molecule has 1 fully saturated rings. The zero-order valence-corrected chi connectivity index (χ0v) is 14.0. The highest BCUT2D eigenvalue weighted by molar-refractivity contribution is 4.81. The Labute approximate surface area is 122 Å². The van der Waals surface area contributed by atoms with Crippen LogP contribution in [0.4, 0.5) is 0 Å². The molecule has 1 unspecified atom stereocenters. The molecule has 0 N–H and O–H groups in total. The smallest absolute Gasteiger partial charge is 0.00893 e. The van der Waals surface area contributed by atoms with E-state index in [0.29, 0.717) is 0 Å². The Hall–Kier alpha value is -0.0400. The first-order valence-corrected chi connectivity index (χ1v) is 8.85. The van der Waals surface area contributed by atoms with Gasteiger partial charge in [-0.05, 0) is 51.6 Å². The highest BCUT2D eigenvalue weighted by Crippen LogP contribution is 2.36. The molecule has 1 saturated carbocycles. The summed E-state index contributed by atoms with van der Waals surface area (Å²) in [6.45, 7) is 4.68. The molecule has 0 aromatic carbocycles. The molecule has 0 spiro atoms. The monoisotopic (exact) mass is 267 g/mol. The summed E-state index contributed by atoms with van der Waals surface area (Å²) in [7, 11) is 4.50. The van der Waals surface area contributed by atoms with Gasteiger partial charge < -0.3 is 4.90 Å². The summed E-state index contributed by atoms with van der Waals surface area (Å²) in [4.78, 5) is 2.44. The van der Waals surface area contributed by atoms with E-state index in [4.69, 9.17) is 0 Å². The van der Waals surface area contributed by atoms with Crippen LogP contribution in [0.3, 0.4) is 0 Å². The predicted molar refractivity (Wildman–Crippen MR) is 86.6 cm³/mol. The van der Waals surface area contributed by atoms with E-state index in [0.717, 1.165) is 17.9 Å². The van der Waals surface area contributed by atoms with Crippen molar-refractivity contribution < 1.29 is 0 Å². The molecule has 1 atom stereocenters. The molecule has 1 heteroatoms. The van der Waals surface area contributed by atoms with Gasteiger partial charge in [-0.1, -0.05) is 58.8 Å². The molecule has 1 nitrogen and oxygen atoms in total. The second-order valence-electron chi connectivity index (χ2n) is 6.93. The summed E-state index contributed by atoms with van der Waals surface area (Å²) in [5.41, 5.74) is 0. The van der Waals surface area contributed by atoms with Crippen LogP contribution in [0.25, 0.3) is 0 Å². The van der Waals surface area contributed by atoms with Crippen LogP contribution in [0, 0.1) is 11.8 Å². The SMILES string of the molecule is CCCCCCC(CCC)[C@H]1CC[C@H](N(C)C)CC1. The maximum Gasteiger partial charge on any atom is 0.00893 e. The quantitative estimate of drug-likeness (QED) is 0.499. The molecule has 0 saturated heterocycles. The van der Waals surface area contributed by atoms with E-state index in [9.17, 15) is 0 Å². The largest absolute Gasteiger partial charge is 0.306 e. The maximum atomic E-state index is 2.44. The number of unbranched alkanes of at least 4 members (excludes halogenated alkanes) is 3. The summed E-state index contributed by atoms with van der Waals surface area (Å²) in [5, 5.41) is 0. The van der Waals surface area contributed by atoms with Gasteiger partial charge in [-0.2, -0.15) is 0 Å². The lowest BCUT2D eigenvalue weighted by Gasteiger charge is -2.36. The molecule has 0 amide bonds. The fourth-order valence-corrected chi connectivity index (χ4v) is 3.91. The summed E-state index contributed by atoms with van der Waals surface area (Å²) < 4.78 is 0. The van der Waals surface area contributed by atoms with Crippen molar-refractivity contribution in [3.8, 4) is 0 Å². The molecule has 114 valence electrons. The lowest BCUT2D eigenvalue weighted by molar-refractivity contribution is 0.147. The van der Waals surface area contributed by atoms with Crippen molar-refractivity contribution in [1.82, 2.24) is 4.90 Å². The average Bonchev–Trinajstić information content (AvgIpc) is 2.42. The van der Waals surface area contributed by atoms with Gasteiger partial charge >= 0.3 is 0 Å². The van der Waals surface area contributed by atoms with Crippen molar-refractivity contribution in [3.05, 3.63) is 0 Å². The van der Waals surface area contributed by atoms with Crippen molar-refractivity contribution in [3.63, 3.8) is 0 Å². The van der Waals surface area contributed by atoms with Crippen LogP contribution in [0.1, 0.15) is 84.5 Å². The van der Waals surface area contributed by atoms with Gasteiger partial charge in [0, 0.05) is 6.04 Å². The Morgan fingerprint density at radius 2 is 1.53 bits per heavy atom. The van der Waals surface area contributed by atoms with Crippen LogP contribution in [0.5, 0.6) is 0 Å². The normalized spacial score (nSPS) is 25.7. The van der Waals surface area contributed by atoms with E-state index in [-0.39, 0.29) is 0 Å². The van der Waals surface area contributed by atoms with Gasteiger partial charge in [-0.3, -0.25) is 0 Å². The van der Waals surface area contributed by atoms with Gasteiger partial charge in [-0.15, -0.1) is 0 Å². The first-order valence-electron chi connectivity index (χ1n) is 8.85. The molecule has 1 aliphatic rings. The summed E-state index contributed by atoms with van der Waals surface area (Å²) in [6.07, 6.45) is 16.0. The van der Waals surface area contributed by atoms with Crippen LogP contribution in [0.2, 0.25) is 0 Å². The van der Waals surface area contributed by atoms with Gasteiger partial charge in [0.25, 0.3) is 0 Å². The minimum absolute atomic E-state index is 0.860. The fourth-order valence-electron chi connectivity index (χ4n) is 3.91. The third kappa shape index (κ3) is 6.29. The lowest BCUT2D eigenvalue weighted by atomic mass is 9.74. The molecule has 0 heterocycles. The lowest BCUT2D eigenvalue weighted by Crippen LogP contribution is -2.34. The zero-order valence-electron chi connectivity index (χ0n) is 14.0. The predicted octanol–water partition coefficient (Wildman–Crippen LogP) is 5.49. The number of rotatable bonds is 9. The Kier molecular flexibility index (Phi) is 8.77. The molecule has 0 aromatic rings. The molecular formula is C18H37N. The third-order valence-corrected chi connectivity index (χ3v) is 5.23. The highest BCUT2D eigenvalue weighted by Gasteiger charge is 2.27. The molecule has 19 heavy (non-hydrogen) atoms. The van der Waals surface area contributed by atoms with Crippen LogP contribution >= 0.6 is 0 Å². The molecule has 1 aliphatic carbocycles. The highest BCUT2D eigenvalue weighted by atomic mass is 15.1. The van der Waals surface area contributed by atoms with Gasteiger partial charge in [0.2, 0.25) is 0 Å². The Bertz CT molecular complexity index is 204. The van der Waals surface area contributed by atoms with Crippen molar-refractivity contribution in [2.45, 2.75) is 90.5 Å². The molecule has 0 bridgehead atoms. The second-order valence-corrected chi connectivity index (χ2v) is 6.93. The van der Waals surface area contributed by atoms with Crippen LogP contribution < -0.4 is 0 Å². The summed E-state index contributed by atoms with van der Waals surface area (Å²) in [5.74, 6) is 2.07. The van der Waals surface area contributed by atoms with E-state index in [2.05, 4.69) is 32.8 Å². The van der Waals surface area contributed by atoms with Gasteiger partial charge in [0.15, 0.2) is 0 Å². The first kappa shape index (κ1) is 17.0. The number of hydrogen-bond donors (Lipinski definition) is 0. The fraction of sp³-hybridized carbons (Fsp3) is 1.00. The zero-order chi connectivity index (χ0) is 14.1. The van der Waals surface area contributed by atoms with Crippen molar-refractivity contribution in [2.75, 3.05) is 14.1 Å². The number of nitrogens with zero attached hydrogens (tertiary/aromatic N) is 1. The van der Waals surface area contributed by atoms with Crippen LogP contribution in [-0.2, 0) is 0 Å². The van der Waals surface area contributed by atoms with Crippen molar-refractivity contribution >= 4 is 0 Å². The first-order chi connectivity index (χ1) is 9.19. The van der Waals surface area contributed by atoms with Crippen molar-refractivity contribution in [2.24, 2.45) is 11.8 Å².